The minimum atomic E-state index is -0.534. The van der Waals surface area contributed by atoms with E-state index in [2.05, 4.69) is 0 Å². The maximum atomic E-state index is 11.2. The van der Waals surface area contributed by atoms with E-state index in [1.54, 1.807) is 6.07 Å². The van der Waals surface area contributed by atoms with Gasteiger partial charge in [0, 0.05) is 16.5 Å². The molecule has 5 atom stereocenters. The highest BCUT2D eigenvalue weighted by atomic mass is 35.5. The van der Waals surface area contributed by atoms with Gasteiger partial charge in [0.1, 0.15) is 0 Å². The minimum Gasteiger partial charge on any atom is -0.389 e. The fourth-order valence-corrected chi connectivity index (χ4v) is 5.91. The first kappa shape index (κ1) is 13.4. The summed E-state index contributed by atoms with van der Waals surface area (Å²) in [7, 11) is 0. The lowest BCUT2D eigenvalue weighted by atomic mass is 9.71. The lowest BCUT2D eigenvalue weighted by molar-refractivity contribution is -0.0450. The second-order valence-corrected chi connectivity index (χ2v) is 7.92. The molecule has 3 fully saturated rings. The van der Waals surface area contributed by atoms with Crippen molar-refractivity contribution in [2.75, 3.05) is 0 Å². The van der Waals surface area contributed by atoms with E-state index in [4.69, 9.17) is 23.2 Å². The van der Waals surface area contributed by atoms with Crippen LogP contribution in [0.5, 0.6) is 0 Å². The van der Waals surface area contributed by atoms with Crippen molar-refractivity contribution in [3.63, 3.8) is 0 Å². The summed E-state index contributed by atoms with van der Waals surface area (Å²) < 4.78 is 0. The molecule has 0 amide bonds. The molecular formula is C17H20Cl2O. The molecule has 0 heterocycles. The Balaban J connectivity index is 1.60. The van der Waals surface area contributed by atoms with Gasteiger partial charge in [-0.05, 0) is 67.1 Å². The van der Waals surface area contributed by atoms with Crippen LogP contribution in [-0.2, 0) is 6.42 Å². The van der Waals surface area contributed by atoms with Gasteiger partial charge in [0.2, 0.25) is 0 Å². The fourth-order valence-electron chi connectivity index (χ4n) is 5.43. The first-order valence-electron chi connectivity index (χ1n) is 7.73. The van der Waals surface area contributed by atoms with Crippen LogP contribution in [0.25, 0.3) is 0 Å². The second-order valence-electron chi connectivity index (χ2n) is 7.08. The van der Waals surface area contributed by atoms with E-state index >= 15 is 0 Å². The van der Waals surface area contributed by atoms with Gasteiger partial charge in [0.15, 0.2) is 0 Å². The Kier molecular flexibility index (Phi) is 3.11. The molecule has 0 aliphatic heterocycles. The van der Waals surface area contributed by atoms with Crippen LogP contribution in [0.3, 0.4) is 0 Å². The van der Waals surface area contributed by atoms with Crippen molar-refractivity contribution < 1.29 is 5.11 Å². The molecule has 108 valence electrons. The highest BCUT2D eigenvalue weighted by Crippen LogP contribution is 2.63. The first-order chi connectivity index (χ1) is 9.57. The van der Waals surface area contributed by atoms with Crippen LogP contribution in [0, 0.1) is 23.7 Å². The van der Waals surface area contributed by atoms with E-state index < -0.39 is 5.60 Å². The van der Waals surface area contributed by atoms with Crippen molar-refractivity contribution in [1.29, 1.82) is 0 Å². The van der Waals surface area contributed by atoms with E-state index in [-0.39, 0.29) is 0 Å². The zero-order valence-corrected chi connectivity index (χ0v) is 13.0. The predicted octanol–water partition coefficient (Wildman–Crippen LogP) is 4.72. The molecule has 0 spiro atoms. The monoisotopic (exact) mass is 310 g/mol. The Labute approximate surface area is 130 Å². The molecule has 20 heavy (non-hydrogen) atoms. The largest absolute Gasteiger partial charge is 0.389 e. The van der Waals surface area contributed by atoms with E-state index in [0.717, 1.165) is 29.7 Å². The van der Waals surface area contributed by atoms with Gasteiger partial charge in [-0.2, -0.15) is 0 Å². The number of fused-ring (bicyclic) bond motifs is 5. The van der Waals surface area contributed by atoms with Crippen LogP contribution in [0.4, 0.5) is 0 Å². The summed E-state index contributed by atoms with van der Waals surface area (Å²) in [6, 6.07) is 5.63. The standard InChI is InChI=1S/C17H20Cl2O/c18-12-5-4-10(16(19)7-12)8-17(20)9-11-6-15(17)14-3-1-2-13(11)14/h4-5,7,11,13-15,20H,1-3,6,8-9H2. The van der Waals surface area contributed by atoms with Crippen molar-refractivity contribution in [1.82, 2.24) is 0 Å². The van der Waals surface area contributed by atoms with E-state index in [1.807, 2.05) is 12.1 Å². The topological polar surface area (TPSA) is 20.2 Å². The average Bonchev–Trinajstić information content (AvgIpc) is 3.03. The van der Waals surface area contributed by atoms with Crippen LogP contribution in [0.15, 0.2) is 18.2 Å². The summed E-state index contributed by atoms with van der Waals surface area (Å²) in [6.45, 7) is 0. The van der Waals surface area contributed by atoms with E-state index in [9.17, 15) is 5.11 Å². The number of aliphatic hydroxyl groups is 1. The number of hydrogen-bond donors (Lipinski definition) is 1. The molecule has 1 aromatic carbocycles. The van der Waals surface area contributed by atoms with Gasteiger partial charge < -0.3 is 5.11 Å². The van der Waals surface area contributed by atoms with Crippen molar-refractivity contribution in [3.8, 4) is 0 Å². The zero-order chi connectivity index (χ0) is 13.9. The van der Waals surface area contributed by atoms with Gasteiger partial charge in [-0.15, -0.1) is 0 Å². The summed E-state index contributed by atoms with van der Waals surface area (Å²) in [6.07, 6.45) is 6.97. The summed E-state index contributed by atoms with van der Waals surface area (Å²) in [5.74, 6) is 2.92. The minimum absolute atomic E-state index is 0.492. The molecule has 3 aliphatic carbocycles. The Bertz CT molecular complexity index is 544. The van der Waals surface area contributed by atoms with Gasteiger partial charge >= 0.3 is 0 Å². The molecule has 1 N–H and O–H groups in total. The van der Waals surface area contributed by atoms with Crippen LogP contribution >= 0.6 is 23.2 Å². The Morgan fingerprint density at radius 3 is 2.80 bits per heavy atom. The van der Waals surface area contributed by atoms with Gasteiger partial charge in [-0.25, -0.2) is 0 Å². The van der Waals surface area contributed by atoms with Crippen LogP contribution < -0.4 is 0 Å². The molecule has 0 radical (unpaired) electrons. The van der Waals surface area contributed by atoms with Gasteiger partial charge in [0.25, 0.3) is 0 Å². The number of halogens is 2. The van der Waals surface area contributed by atoms with Crippen molar-refractivity contribution in [2.24, 2.45) is 23.7 Å². The fraction of sp³-hybridized carbons (Fsp3) is 0.647. The van der Waals surface area contributed by atoms with E-state index in [1.165, 1.54) is 25.7 Å². The smallest absolute Gasteiger partial charge is 0.0722 e. The third-order valence-electron chi connectivity index (χ3n) is 6.12. The third-order valence-corrected chi connectivity index (χ3v) is 6.71. The lowest BCUT2D eigenvalue weighted by Crippen LogP contribution is -2.43. The van der Waals surface area contributed by atoms with Gasteiger partial charge in [-0.3, -0.25) is 0 Å². The quantitative estimate of drug-likeness (QED) is 0.837. The van der Waals surface area contributed by atoms with E-state index in [0.29, 0.717) is 22.4 Å². The number of hydrogen-bond acceptors (Lipinski definition) is 1. The zero-order valence-electron chi connectivity index (χ0n) is 11.5. The molecule has 4 rings (SSSR count). The molecule has 3 heteroatoms. The Morgan fingerprint density at radius 1 is 1.20 bits per heavy atom. The highest BCUT2D eigenvalue weighted by molar-refractivity contribution is 6.35. The average molecular weight is 311 g/mol. The molecule has 1 aromatic rings. The summed E-state index contributed by atoms with van der Waals surface area (Å²) in [5, 5.41) is 12.5. The molecule has 0 aromatic heterocycles. The number of benzene rings is 1. The predicted molar refractivity (Wildman–Crippen MR) is 82.2 cm³/mol. The SMILES string of the molecule is OC1(Cc2ccc(Cl)cc2Cl)CC2CC1C1CCCC21. The molecule has 5 unspecified atom stereocenters. The van der Waals surface area contributed by atoms with Crippen LogP contribution in [0.2, 0.25) is 10.0 Å². The molecule has 3 saturated carbocycles. The summed E-state index contributed by atoms with van der Waals surface area (Å²) >= 11 is 12.2. The van der Waals surface area contributed by atoms with Crippen LogP contribution in [-0.4, -0.2) is 10.7 Å². The van der Waals surface area contributed by atoms with Crippen LogP contribution in [0.1, 0.15) is 37.7 Å². The first-order valence-corrected chi connectivity index (χ1v) is 8.49. The van der Waals surface area contributed by atoms with Crippen molar-refractivity contribution in [3.05, 3.63) is 33.8 Å². The third kappa shape index (κ3) is 1.94. The second kappa shape index (κ2) is 4.63. The molecule has 2 bridgehead atoms. The van der Waals surface area contributed by atoms with Gasteiger partial charge in [-0.1, -0.05) is 35.7 Å². The molecule has 3 aliphatic rings. The molecular weight excluding hydrogens is 291 g/mol. The Morgan fingerprint density at radius 2 is 2.00 bits per heavy atom. The molecule has 1 nitrogen and oxygen atoms in total. The maximum absolute atomic E-state index is 11.2. The van der Waals surface area contributed by atoms with Crippen molar-refractivity contribution >= 4 is 23.2 Å². The van der Waals surface area contributed by atoms with Gasteiger partial charge in [0.05, 0.1) is 5.60 Å². The summed E-state index contributed by atoms with van der Waals surface area (Å²) in [5.41, 5.74) is 0.508. The summed E-state index contributed by atoms with van der Waals surface area (Å²) in [4.78, 5) is 0. The highest BCUT2D eigenvalue weighted by Gasteiger charge is 2.60. The Hall–Kier alpha value is -0.240. The maximum Gasteiger partial charge on any atom is 0.0722 e. The van der Waals surface area contributed by atoms with Crippen molar-refractivity contribution in [2.45, 2.75) is 44.1 Å². The number of rotatable bonds is 2. The lowest BCUT2D eigenvalue weighted by Gasteiger charge is -2.39. The molecule has 0 saturated heterocycles. The normalized spacial score (nSPS) is 42.1.